The molecule has 34 heavy (non-hydrogen) atoms. The van der Waals surface area contributed by atoms with Crippen molar-refractivity contribution in [3.63, 3.8) is 0 Å². The number of para-hydroxylation sites is 1. The SMILES string of the molecule is CN(C(=O)COc1ccccc1F)[C@H]1CC[C@@]2(CCO)C[C@H](c3ccccc3)C[C@](C)(O2)[C@@H]1O. The third kappa shape index (κ3) is 4.97. The predicted molar refractivity (Wildman–Crippen MR) is 126 cm³/mol. The first-order valence-corrected chi connectivity index (χ1v) is 11.9. The van der Waals surface area contributed by atoms with E-state index in [1.165, 1.54) is 22.6 Å². The van der Waals surface area contributed by atoms with Crippen LogP contribution in [0.2, 0.25) is 0 Å². The first-order chi connectivity index (χ1) is 16.3. The van der Waals surface area contributed by atoms with E-state index >= 15 is 0 Å². The van der Waals surface area contributed by atoms with Crippen LogP contribution >= 0.6 is 0 Å². The molecule has 6 nitrogen and oxygen atoms in total. The molecule has 0 unspecified atom stereocenters. The van der Waals surface area contributed by atoms with Gasteiger partial charge in [-0.3, -0.25) is 4.79 Å². The number of likely N-dealkylation sites (N-methyl/N-ethyl adjacent to an activating group) is 1. The summed E-state index contributed by atoms with van der Waals surface area (Å²) in [6.45, 7) is 1.57. The highest BCUT2D eigenvalue weighted by Gasteiger charge is 2.55. The number of amides is 1. The largest absolute Gasteiger partial charge is 0.481 e. The summed E-state index contributed by atoms with van der Waals surface area (Å²) in [5.41, 5.74) is -0.283. The molecule has 0 saturated carbocycles. The molecule has 184 valence electrons. The van der Waals surface area contributed by atoms with Gasteiger partial charge in [0.1, 0.15) is 6.10 Å². The second kappa shape index (κ2) is 10.0. The van der Waals surface area contributed by atoms with Crippen LogP contribution < -0.4 is 4.74 Å². The summed E-state index contributed by atoms with van der Waals surface area (Å²) in [5, 5.41) is 21.4. The molecule has 0 spiro atoms. The predicted octanol–water partition coefficient (Wildman–Crippen LogP) is 3.66. The Labute approximate surface area is 200 Å². The van der Waals surface area contributed by atoms with Crippen molar-refractivity contribution in [3.8, 4) is 5.75 Å². The Bertz CT molecular complexity index is 988. The Hall–Kier alpha value is -2.48. The number of carbonyl (C=O) groups excluding carboxylic acids is 1. The van der Waals surface area contributed by atoms with Gasteiger partial charge in [0, 0.05) is 13.7 Å². The minimum absolute atomic E-state index is 0.0103. The molecule has 2 aromatic rings. The summed E-state index contributed by atoms with van der Waals surface area (Å²) >= 11 is 0. The van der Waals surface area contributed by atoms with Gasteiger partial charge in [0.2, 0.25) is 0 Å². The van der Waals surface area contributed by atoms with E-state index in [2.05, 4.69) is 12.1 Å². The number of carbonyl (C=O) groups is 1. The lowest BCUT2D eigenvalue weighted by atomic mass is 9.73. The van der Waals surface area contributed by atoms with Crippen LogP contribution in [-0.4, -0.2) is 64.6 Å². The quantitative estimate of drug-likeness (QED) is 0.644. The van der Waals surface area contributed by atoms with Crippen molar-refractivity contribution in [2.75, 3.05) is 20.3 Å². The van der Waals surface area contributed by atoms with E-state index in [0.717, 1.165) is 6.42 Å². The van der Waals surface area contributed by atoms with Crippen molar-refractivity contribution in [3.05, 3.63) is 66.0 Å². The molecule has 2 aromatic carbocycles. The van der Waals surface area contributed by atoms with E-state index in [1.54, 1.807) is 19.2 Å². The highest BCUT2D eigenvalue weighted by Crippen LogP contribution is 2.51. The Morgan fingerprint density at radius 3 is 2.59 bits per heavy atom. The molecule has 5 atom stereocenters. The van der Waals surface area contributed by atoms with Crippen molar-refractivity contribution >= 4 is 5.91 Å². The molecule has 2 heterocycles. The van der Waals surface area contributed by atoms with Gasteiger partial charge in [-0.05, 0) is 62.6 Å². The zero-order valence-corrected chi connectivity index (χ0v) is 19.8. The number of fused-ring (bicyclic) bond motifs is 2. The van der Waals surface area contributed by atoms with Gasteiger partial charge < -0.3 is 24.6 Å². The number of hydrogen-bond acceptors (Lipinski definition) is 5. The molecule has 0 radical (unpaired) electrons. The second-order valence-electron chi connectivity index (χ2n) is 9.86. The zero-order chi connectivity index (χ0) is 24.3. The van der Waals surface area contributed by atoms with Crippen LogP contribution in [0.3, 0.4) is 0 Å². The average Bonchev–Trinajstić information content (AvgIpc) is 2.90. The summed E-state index contributed by atoms with van der Waals surface area (Å²) < 4.78 is 25.9. The molecular weight excluding hydrogens is 437 g/mol. The van der Waals surface area contributed by atoms with Crippen molar-refractivity contribution in [1.82, 2.24) is 4.90 Å². The summed E-state index contributed by atoms with van der Waals surface area (Å²) in [4.78, 5) is 14.5. The maximum Gasteiger partial charge on any atom is 0.260 e. The zero-order valence-electron chi connectivity index (χ0n) is 19.8. The molecule has 0 aliphatic carbocycles. The van der Waals surface area contributed by atoms with Gasteiger partial charge in [-0.1, -0.05) is 42.5 Å². The lowest BCUT2D eigenvalue weighted by Gasteiger charge is -2.50. The molecule has 2 fully saturated rings. The van der Waals surface area contributed by atoms with Gasteiger partial charge in [0.15, 0.2) is 18.2 Å². The van der Waals surface area contributed by atoms with Gasteiger partial charge in [-0.2, -0.15) is 0 Å². The molecule has 2 aliphatic heterocycles. The van der Waals surface area contributed by atoms with Crippen LogP contribution in [0.1, 0.15) is 50.5 Å². The maximum absolute atomic E-state index is 13.9. The van der Waals surface area contributed by atoms with Crippen LogP contribution in [-0.2, 0) is 9.53 Å². The fraction of sp³-hybridized carbons (Fsp3) is 0.519. The molecular formula is C27H34FNO5. The van der Waals surface area contributed by atoms with E-state index in [4.69, 9.17) is 9.47 Å². The van der Waals surface area contributed by atoms with E-state index < -0.39 is 29.2 Å². The van der Waals surface area contributed by atoms with Crippen LogP contribution in [0.5, 0.6) is 5.75 Å². The topological polar surface area (TPSA) is 79.2 Å². The van der Waals surface area contributed by atoms with Gasteiger partial charge in [-0.25, -0.2) is 4.39 Å². The third-order valence-electron chi connectivity index (χ3n) is 7.52. The molecule has 0 aromatic heterocycles. The molecule has 1 amide bonds. The van der Waals surface area contributed by atoms with E-state index in [9.17, 15) is 19.4 Å². The molecule has 2 aliphatic rings. The van der Waals surface area contributed by atoms with Crippen LogP contribution in [0.4, 0.5) is 4.39 Å². The summed E-state index contributed by atoms with van der Waals surface area (Å²) in [5.74, 6) is -0.682. The monoisotopic (exact) mass is 471 g/mol. The number of rotatable bonds is 7. The van der Waals surface area contributed by atoms with Crippen molar-refractivity contribution in [1.29, 1.82) is 0 Å². The lowest BCUT2D eigenvalue weighted by Crippen LogP contribution is -2.58. The average molecular weight is 472 g/mol. The maximum atomic E-state index is 13.9. The Morgan fingerprint density at radius 2 is 1.88 bits per heavy atom. The Morgan fingerprint density at radius 1 is 1.18 bits per heavy atom. The Kier molecular flexibility index (Phi) is 7.26. The van der Waals surface area contributed by atoms with Crippen molar-refractivity contribution in [2.45, 2.75) is 68.3 Å². The molecule has 2 bridgehead atoms. The normalized spacial score (nSPS) is 30.9. The van der Waals surface area contributed by atoms with Crippen molar-refractivity contribution in [2.24, 2.45) is 0 Å². The number of benzene rings is 2. The van der Waals surface area contributed by atoms with Gasteiger partial charge >= 0.3 is 0 Å². The molecule has 2 N–H and O–H groups in total. The van der Waals surface area contributed by atoms with E-state index in [1.807, 2.05) is 25.1 Å². The van der Waals surface area contributed by atoms with Crippen LogP contribution in [0.15, 0.2) is 54.6 Å². The van der Waals surface area contributed by atoms with Gasteiger partial charge in [-0.15, -0.1) is 0 Å². The highest BCUT2D eigenvalue weighted by atomic mass is 19.1. The molecule has 4 rings (SSSR count). The number of nitrogens with zero attached hydrogens (tertiary/aromatic N) is 1. The summed E-state index contributed by atoms with van der Waals surface area (Å²) in [6.07, 6.45) is 2.04. The summed E-state index contributed by atoms with van der Waals surface area (Å²) in [6, 6.07) is 15.7. The number of aliphatic hydroxyl groups is 2. The standard InChI is InChI=1S/C27H34FNO5/c1-26-16-20(19-8-4-3-5-9-19)17-27(34-26,14-15-30)13-12-22(25(26)32)29(2)24(31)18-33-23-11-7-6-10-21(23)28/h3-11,20,22,25,30,32H,12-18H2,1-2H3/t20-,22+,25-,26+,27-/m1/s1. The minimum atomic E-state index is -0.929. The molecule has 2 saturated heterocycles. The smallest absolute Gasteiger partial charge is 0.260 e. The second-order valence-corrected chi connectivity index (χ2v) is 9.86. The van der Waals surface area contributed by atoms with Gasteiger partial charge in [0.05, 0.1) is 17.2 Å². The number of aliphatic hydroxyl groups excluding tert-OH is 2. The third-order valence-corrected chi connectivity index (χ3v) is 7.52. The Balaban J connectivity index is 1.54. The van der Waals surface area contributed by atoms with E-state index in [0.29, 0.717) is 25.7 Å². The van der Waals surface area contributed by atoms with E-state index in [-0.39, 0.29) is 30.8 Å². The number of halogens is 1. The summed E-state index contributed by atoms with van der Waals surface area (Å²) in [7, 11) is 1.65. The fourth-order valence-electron chi connectivity index (χ4n) is 5.73. The van der Waals surface area contributed by atoms with Crippen molar-refractivity contribution < 1.29 is 28.9 Å². The molecule has 7 heteroatoms. The lowest BCUT2D eigenvalue weighted by molar-refractivity contribution is -0.226. The highest BCUT2D eigenvalue weighted by molar-refractivity contribution is 5.78. The first-order valence-electron chi connectivity index (χ1n) is 11.9. The van der Waals surface area contributed by atoms with Crippen LogP contribution in [0.25, 0.3) is 0 Å². The first kappa shape index (κ1) is 24.6. The fourth-order valence-corrected chi connectivity index (χ4v) is 5.73. The van der Waals surface area contributed by atoms with Crippen LogP contribution in [0, 0.1) is 5.82 Å². The van der Waals surface area contributed by atoms with Gasteiger partial charge in [0.25, 0.3) is 5.91 Å². The number of hydrogen-bond donors (Lipinski definition) is 2. The number of ether oxygens (including phenoxy) is 2. The minimum Gasteiger partial charge on any atom is -0.481 e.